The SMILES string of the molecule is COC(=O)c1ccc(-c2ccc(/C=N/NC(=S)NN)o2)cc1. The maximum absolute atomic E-state index is 11.4. The smallest absolute Gasteiger partial charge is 0.337 e. The zero-order valence-electron chi connectivity index (χ0n) is 11.7. The van der Waals surface area contributed by atoms with Crippen molar-refractivity contribution in [1.82, 2.24) is 10.9 Å². The molecule has 0 atom stereocenters. The summed E-state index contributed by atoms with van der Waals surface area (Å²) in [6.07, 6.45) is 1.47. The number of ether oxygens (including phenoxy) is 1. The molecule has 1 heterocycles. The molecular formula is C14H14N4O3S. The number of hydrogen-bond donors (Lipinski definition) is 3. The topological polar surface area (TPSA) is 102 Å². The van der Waals surface area contributed by atoms with E-state index in [9.17, 15) is 4.79 Å². The van der Waals surface area contributed by atoms with Gasteiger partial charge in [-0.05, 0) is 36.5 Å². The van der Waals surface area contributed by atoms with Gasteiger partial charge in [0, 0.05) is 5.56 Å². The van der Waals surface area contributed by atoms with Gasteiger partial charge in [0.1, 0.15) is 11.5 Å². The summed E-state index contributed by atoms with van der Waals surface area (Å²) in [6, 6.07) is 10.5. The third-order valence-electron chi connectivity index (χ3n) is 2.71. The number of nitrogens with two attached hydrogens (primary N) is 1. The van der Waals surface area contributed by atoms with Gasteiger partial charge < -0.3 is 9.15 Å². The molecule has 0 aliphatic rings. The van der Waals surface area contributed by atoms with Crippen LogP contribution in [0, 0.1) is 0 Å². The number of nitrogens with zero attached hydrogens (tertiary/aromatic N) is 1. The third kappa shape index (κ3) is 3.90. The molecule has 1 aromatic carbocycles. The quantitative estimate of drug-likeness (QED) is 0.257. The minimum Gasteiger partial charge on any atom is -0.465 e. The maximum atomic E-state index is 11.4. The van der Waals surface area contributed by atoms with Gasteiger partial charge in [-0.3, -0.25) is 10.9 Å². The van der Waals surface area contributed by atoms with Crippen molar-refractivity contribution in [2.45, 2.75) is 0 Å². The summed E-state index contributed by atoms with van der Waals surface area (Å²) in [4.78, 5) is 11.4. The van der Waals surface area contributed by atoms with Gasteiger partial charge in [0.05, 0.1) is 18.9 Å². The molecule has 0 bridgehead atoms. The van der Waals surface area contributed by atoms with Gasteiger partial charge in [-0.25, -0.2) is 10.6 Å². The number of rotatable bonds is 4. The predicted octanol–water partition coefficient (Wildman–Crippen LogP) is 1.40. The Morgan fingerprint density at radius 3 is 2.68 bits per heavy atom. The van der Waals surface area contributed by atoms with Crippen molar-refractivity contribution >= 4 is 29.5 Å². The predicted molar refractivity (Wildman–Crippen MR) is 86.1 cm³/mol. The molecule has 2 rings (SSSR count). The molecule has 2 aromatic rings. The van der Waals surface area contributed by atoms with Crippen LogP contribution in [0.15, 0.2) is 45.9 Å². The van der Waals surface area contributed by atoms with Gasteiger partial charge in [-0.15, -0.1) is 0 Å². The average molecular weight is 318 g/mol. The highest BCUT2D eigenvalue weighted by Crippen LogP contribution is 2.22. The maximum Gasteiger partial charge on any atom is 0.337 e. The van der Waals surface area contributed by atoms with Gasteiger partial charge >= 0.3 is 5.97 Å². The molecule has 4 N–H and O–H groups in total. The summed E-state index contributed by atoms with van der Waals surface area (Å²) in [6.45, 7) is 0. The van der Waals surface area contributed by atoms with Crippen LogP contribution in [0.5, 0.6) is 0 Å². The Morgan fingerprint density at radius 2 is 2.05 bits per heavy atom. The van der Waals surface area contributed by atoms with Crippen molar-refractivity contribution < 1.29 is 13.9 Å². The van der Waals surface area contributed by atoms with Crippen LogP contribution < -0.4 is 16.7 Å². The lowest BCUT2D eigenvalue weighted by Gasteiger charge is -2.00. The van der Waals surface area contributed by atoms with Crippen molar-refractivity contribution in [2.24, 2.45) is 10.9 Å². The normalized spacial score (nSPS) is 10.5. The standard InChI is InChI=1S/C14H14N4O3S/c1-20-13(19)10-4-2-9(3-5-10)12-7-6-11(21-12)8-16-18-14(22)17-15/h2-8H,15H2,1H3,(H2,17,18,22)/b16-8+. The number of benzene rings is 1. The lowest BCUT2D eigenvalue weighted by atomic mass is 10.1. The van der Waals surface area contributed by atoms with E-state index in [0.717, 1.165) is 5.56 Å². The highest BCUT2D eigenvalue weighted by molar-refractivity contribution is 7.80. The molecule has 22 heavy (non-hydrogen) atoms. The van der Waals surface area contributed by atoms with E-state index in [1.54, 1.807) is 36.4 Å². The molecule has 0 aliphatic carbocycles. The number of hydrazine groups is 1. The molecule has 114 valence electrons. The monoisotopic (exact) mass is 318 g/mol. The summed E-state index contributed by atoms with van der Waals surface area (Å²) in [5.74, 6) is 5.90. The van der Waals surface area contributed by atoms with E-state index in [0.29, 0.717) is 17.1 Å². The fraction of sp³-hybridized carbons (Fsp3) is 0.0714. The molecule has 0 aliphatic heterocycles. The van der Waals surface area contributed by atoms with E-state index in [-0.39, 0.29) is 11.1 Å². The number of nitrogens with one attached hydrogen (secondary N) is 2. The van der Waals surface area contributed by atoms with Gasteiger partial charge in [-0.1, -0.05) is 12.1 Å². The molecular weight excluding hydrogens is 304 g/mol. The van der Waals surface area contributed by atoms with Crippen molar-refractivity contribution in [3.63, 3.8) is 0 Å². The Bertz CT molecular complexity index is 694. The molecule has 0 radical (unpaired) electrons. The van der Waals surface area contributed by atoms with Crippen LogP contribution in [0.1, 0.15) is 16.1 Å². The summed E-state index contributed by atoms with van der Waals surface area (Å²) in [5.41, 5.74) is 6.06. The van der Waals surface area contributed by atoms with Crippen LogP contribution in [0.3, 0.4) is 0 Å². The van der Waals surface area contributed by atoms with E-state index in [1.165, 1.54) is 13.3 Å². The summed E-state index contributed by atoms with van der Waals surface area (Å²) in [5, 5.41) is 4.05. The van der Waals surface area contributed by atoms with Crippen LogP contribution in [-0.4, -0.2) is 24.4 Å². The van der Waals surface area contributed by atoms with Gasteiger partial charge in [0.25, 0.3) is 0 Å². The van der Waals surface area contributed by atoms with Crippen LogP contribution >= 0.6 is 12.2 Å². The van der Waals surface area contributed by atoms with Crippen LogP contribution in [-0.2, 0) is 4.74 Å². The van der Waals surface area contributed by atoms with E-state index in [1.807, 2.05) is 0 Å². The van der Waals surface area contributed by atoms with Crippen molar-refractivity contribution in [2.75, 3.05) is 7.11 Å². The molecule has 0 fully saturated rings. The van der Waals surface area contributed by atoms with Gasteiger partial charge in [0.2, 0.25) is 5.11 Å². The summed E-state index contributed by atoms with van der Waals surface area (Å²) < 4.78 is 10.3. The first-order valence-electron chi connectivity index (χ1n) is 6.22. The first kappa shape index (κ1) is 15.7. The molecule has 0 amide bonds. The largest absolute Gasteiger partial charge is 0.465 e. The summed E-state index contributed by atoms with van der Waals surface area (Å²) >= 11 is 4.77. The number of carbonyl (C=O) groups is 1. The first-order valence-corrected chi connectivity index (χ1v) is 6.63. The number of thiocarbonyl (C=S) groups is 1. The molecule has 1 aromatic heterocycles. The second-order valence-corrected chi connectivity index (χ2v) is 4.52. The van der Waals surface area contributed by atoms with E-state index in [2.05, 4.69) is 20.7 Å². The molecule has 0 spiro atoms. The second-order valence-electron chi connectivity index (χ2n) is 4.11. The highest BCUT2D eigenvalue weighted by Gasteiger charge is 2.07. The minimum atomic E-state index is -0.380. The number of carbonyl (C=O) groups excluding carboxylic acids is 1. The third-order valence-corrected chi connectivity index (χ3v) is 2.92. The van der Waals surface area contributed by atoms with Crippen molar-refractivity contribution in [3.8, 4) is 11.3 Å². The Balaban J connectivity index is 2.08. The number of hydrogen-bond acceptors (Lipinski definition) is 6. The zero-order valence-corrected chi connectivity index (χ0v) is 12.5. The Labute approximate surface area is 132 Å². The van der Waals surface area contributed by atoms with E-state index < -0.39 is 0 Å². The fourth-order valence-corrected chi connectivity index (χ4v) is 1.71. The average Bonchev–Trinajstić information content (AvgIpc) is 3.03. The molecule has 7 nitrogen and oxygen atoms in total. The van der Waals surface area contributed by atoms with Crippen LogP contribution in [0.4, 0.5) is 0 Å². The lowest BCUT2D eigenvalue weighted by molar-refractivity contribution is 0.0601. The van der Waals surface area contributed by atoms with Crippen LogP contribution in [0.25, 0.3) is 11.3 Å². The summed E-state index contributed by atoms with van der Waals surface area (Å²) in [7, 11) is 1.34. The van der Waals surface area contributed by atoms with Gasteiger partial charge in [-0.2, -0.15) is 5.10 Å². The van der Waals surface area contributed by atoms with E-state index in [4.69, 9.17) is 22.5 Å². The van der Waals surface area contributed by atoms with Crippen molar-refractivity contribution in [3.05, 3.63) is 47.7 Å². The molecule has 0 saturated carbocycles. The molecule has 0 saturated heterocycles. The zero-order chi connectivity index (χ0) is 15.9. The minimum absolute atomic E-state index is 0.196. The van der Waals surface area contributed by atoms with Crippen molar-refractivity contribution in [1.29, 1.82) is 0 Å². The molecule has 8 heteroatoms. The Hall–Kier alpha value is -2.71. The number of esters is 1. The Morgan fingerprint density at radius 1 is 1.32 bits per heavy atom. The number of methoxy groups -OCH3 is 1. The first-order chi connectivity index (χ1) is 10.6. The second kappa shape index (κ2) is 7.34. The molecule has 0 unspecified atom stereocenters. The number of furan rings is 1. The Kier molecular flexibility index (Phi) is 5.23. The highest BCUT2D eigenvalue weighted by atomic mass is 32.1. The lowest BCUT2D eigenvalue weighted by Crippen LogP contribution is -2.37. The fourth-order valence-electron chi connectivity index (χ4n) is 1.65. The van der Waals surface area contributed by atoms with Gasteiger partial charge in [0.15, 0.2) is 0 Å². The van der Waals surface area contributed by atoms with Crippen LogP contribution in [0.2, 0.25) is 0 Å². The van der Waals surface area contributed by atoms with E-state index >= 15 is 0 Å². The number of hydrazone groups is 1.